The van der Waals surface area contributed by atoms with Crippen molar-refractivity contribution in [3.8, 4) is 11.5 Å². The van der Waals surface area contributed by atoms with Gasteiger partial charge in [-0.1, -0.05) is 0 Å². The summed E-state index contributed by atoms with van der Waals surface area (Å²) in [4.78, 5) is 14.6. The van der Waals surface area contributed by atoms with Gasteiger partial charge in [-0.05, 0) is 36.8 Å². The number of carbonyl (C=O) groups excluding carboxylic acids is 1. The number of methoxy groups -OCH3 is 2. The van der Waals surface area contributed by atoms with E-state index in [4.69, 9.17) is 15.2 Å². The molecule has 122 valence electrons. The van der Waals surface area contributed by atoms with E-state index in [-0.39, 0.29) is 24.4 Å². The first kappa shape index (κ1) is 16.9. The molecule has 5 nitrogen and oxygen atoms in total. The van der Waals surface area contributed by atoms with Crippen LogP contribution in [0.15, 0.2) is 18.2 Å². The summed E-state index contributed by atoms with van der Waals surface area (Å²) >= 11 is 0. The molecule has 1 heterocycles. The lowest BCUT2D eigenvalue weighted by Crippen LogP contribution is -2.33. The van der Waals surface area contributed by atoms with Crippen molar-refractivity contribution in [1.29, 1.82) is 0 Å². The Labute approximate surface area is 137 Å². The van der Waals surface area contributed by atoms with Crippen LogP contribution in [0.5, 0.6) is 11.5 Å². The Morgan fingerprint density at radius 1 is 1.14 bits per heavy atom. The van der Waals surface area contributed by atoms with Gasteiger partial charge < -0.3 is 20.1 Å². The van der Waals surface area contributed by atoms with E-state index in [9.17, 15) is 4.79 Å². The van der Waals surface area contributed by atoms with Crippen LogP contribution in [0, 0.1) is 11.8 Å². The lowest BCUT2D eigenvalue weighted by atomic mass is 9.98. The standard InChI is InChI=1S/C16H22N2O3.ClH/c1-20-12-5-11(6-13(7-12)21-2)16(19)18-8-10-3-4-15(17)14(10)9-18;/h5-7,10,14-15H,3-4,8-9,17H2,1-2H3;1H. The van der Waals surface area contributed by atoms with Crippen molar-refractivity contribution in [2.75, 3.05) is 27.3 Å². The highest BCUT2D eigenvalue weighted by atomic mass is 35.5. The van der Waals surface area contributed by atoms with Crippen LogP contribution in [0.1, 0.15) is 23.2 Å². The molecule has 1 aromatic carbocycles. The maximum absolute atomic E-state index is 12.7. The first-order valence-electron chi connectivity index (χ1n) is 7.40. The van der Waals surface area contributed by atoms with Crippen LogP contribution in [0.3, 0.4) is 0 Å². The molecule has 2 fully saturated rings. The Bertz CT molecular complexity index is 530. The fraction of sp³-hybridized carbons (Fsp3) is 0.562. The van der Waals surface area contributed by atoms with E-state index in [1.165, 1.54) is 0 Å². The summed E-state index contributed by atoms with van der Waals surface area (Å²) in [6.45, 7) is 1.58. The third-order valence-corrected chi connectivity index (χ3v) is 4.80. The van der Waals surface area contributed by atoms with Crippen molar-refractivity contribution in [1.82, 2.24) is 4.90 Å². The van der Waals surface area contributed by atoms with Gasteiger partial charge in [0.05, 0.1) is 14.2 Å². The molecule has 3 atom stereocenters. The number of amides is 1. The van der Waals surface area contributed by atoms with E-state index in [0.717, 1.165) is 25.9 Å². The van der Waals surface area contributed by atoms with Gasteiger partial charge in [-0.25, -0.2) is 0 Å². The molecule has 1 aliphatic carbocycles. The Morgan fingerprint density at radius 3 is 2.32 bits per heavy atom. The zero-order chi connectivity index (χ0) is 15.0. The van der Waals surface area contributed by atoms with Gasteiger partial charge in [-0.15, -0.1) is 12.4 Å². The van der Waals surface area contributed by atoms with Crippen LogP contribution in [0.4, 0.5) is 0 Å². The second kappa shape index (κ2) is 6.75. The highest BCUT2D eigenvalue weighted by Crippen LogP contribution is 2.38. The average Bonchev–Trinajstić information content (AvgIpc) is 3.08. The van der Waals surface area contributed by atoms with Gasteiger partial charge in [0.2, 0.25) is 0 Å². The molecule has 1 saturated carbocycles. The number of hydrogen-bond acceptors (Lipinski definition) is 4. The van der Waals surface area contributed by atoms with Crippen LogP contribution < -0.4 is 15.2 Å². The van der Waals surface area contributed by atoms with Crippen LogP contribution in [0.25, 0.3) is 0 Å². The van der Waals surface area contributed by atoms with Crippen LogP contribution in [-0.4, -0.2) is 44.2 Å². The number of likely N-dealkylation sites (tertiary alicyclic amines) is 1. The topological polar surface area (TPSA) is 64.8 Å². The molecule has 0 radical (unpaired) electrons. The van der Waals surface area contributed by atoms with Gasteiger partial charge >= 0.3 is 0 Å². The summed E-state index contributed by atoms with van der Waals surface area (Å²) in [5, 5.41) is 0. The second-order valence-electron chi connectivity index (χ2n) is 5.98. The molecule has 1 aliphatic heterocycles. The molecule has 0 bridgehead atoms. The Hall–Kier alpha value is -1.46. The molecule has 1 saturated heterocycles. The number of hydrogen-bond donors (Lipinski definition) is 1. The number of rotatable bonds is 3. The smallest absolute Gasteiger partial charge is 0.254 e. The van der Waals surface area contributed by atoms with Crippen molar-refractivity contribution < 1.29 is 14.3 Å². The van der Waals surface area contributed by atoms with Crippen LogP contribution in [-0.2, 0) is 0 Å². The number of benzene rings is 1. The first-order valence-corrected chi connectivity index (χ1v) is 7.40. The number of nitrogens with zero attached hydrogens (tertiary/aromatic N) is 1. The molecule has 6 heteroatoms. The highest BCUT2D eigenvalue weighted by molar-refractivity contribution is 5.95. The molecule has 3 unspecified atom stereocenters. The summed E-state index contributed by atoms with van der Waals surface area (Å²) in [5.74, 6) is 2.33. The molecular weight excluding hydrogens is 304 g/mol. The summed E-state index contributed by atoms with van der Waals surface area (Å²) in [6.07, 6.45) is 2.22. The van der Waals surface area contributed by atoms with Crippen molar-refractivity contribution in [2.24, 2.45) is 17.6 Å². The molecule has 3 rings (SSSR count). The zero-order valence-electron chi connectivity index (χ0n) is 13.0. The fourth-order valence-electron chi connectivity index (χ4n) is 3.59. The molecular formula is C16H23ClN2O3. The first-order chi connectivity index (χ1) is 10.1. The van der Waals surface area contributed by atoms with E-state index in [1.54, 1.807) is 32.4 Å². The lowest BCUT2D eigenvalue weighted by Gasteiger charge is -2.19. The Morgan fingerprint density at radius 2 is 1.77 bits per heavy atom. The third-order valence-electron chi connectivity index (χ3n) is 4.80. The second-order valence-corrected chi connectivity index (χ2v) is 5.98. The zero-order valence-corrected chi connectivity index (χ0v) is 13.8. The van der Waals surface area contributed by atoms with Gasteiger partial charge in [-0.2, -0.15) is 0 Å². The molecule has 1 amide bonds. The van der Waals surface area contributed by atoms with Gasteiger partial charge in [-0.3, -0.25) is 4.79 Å². The largest absolute Gasteiger partial charge is 0.497 e. The minimum atomic E-state index is 0. The fourth-order valence-corrected chi connectivity index (χ4v) is 3.59. The average molecular weight is 327 g/mol. The van der Waals surface area contributed by atoms with Crippen molar-refractivity contribution in [3.63, 3.8) is 0 Å². The summed E-state index contributed by atoms with van der Waals surface area (Å²) < 4.78 is 10.5. The van der Waals surface area contributed by atoms with Crippen molar-refractivity contribution in [3.05, 3.63) is 23.8 Å². The predicted octanol–water partition coefficient (Wildman–Crippen LogP) is 1.93. The van der Waals surface area contributed by atoms with E-state index < -0.39 is 0 Å². The van der Waals surface area contributed by atoms with E-state index in [1.807, 2.05) is 4.90 Å². The molecule has 2 N–H and O–H groups in total. The van der Waals surface area contributed by atoms with Crippen LogP contribution in [0.2, 0.25) is 0 Å². The number of carbonyl (C=O) groups is 1. The van der Waals surface area contributed by atoms with Gasteiger partial charge in [0.15, 0.2) is 0 Å². The third kappa shape index (κ3) is 3.01. The summed E-state index contributed by atoms with van der Waals surface area (Å²) in [5.41, 5.74) is 6.75. The van der Waals surface area contributed by atoms with Crippen LogP contribution >= 0.6 is 12.4 Å². The van der Waals surface area contributed by atoms with Crippen molar-refractivity contribution in [2.45, 2.75) is 18.9 Å². The Balaban J connectivity index is 0.00000176. The SMILES string of the molecule is COc1cc(OC)cc(C(=O)N2CC3CCC(N)C3C2)c1.Cl. The molecule has 2 aliphatic rings. The maximum atomic E-state index is 12.7. The van der Waals surface area contributed by atoms with E-state index in [0.29, 0.717) is 28.9 Å². The van der Waals surface area contributed by atoms with Crippen molar-refractivity contribution >= 4 is 18.3 Å². The predicted molar refractivity (Wildman–Crippen MR) is 86.9 cm³/mol. The van der Waals surface area contributed by atoms with Gasteiger partial charge in [0.1, 0.15) is 11.5 Å². The Kier molecular flexibility index (Phi) is 5.19. The van der Waals surface area contributed by atoms with E-state index in [2.05, 4.69) is 0 Å². The van der Waals surface area contributed by atoms with Gasteiger partial charge in [0, 0.05) is 30.8 Å². The number of ether oxygens (including phenoxy) is 2. The minimum Gasteiger partial charge on any atom is -0.497 e. The number of nitrogens with two attached hydrogens (primary N) is 1. The number of fused-ring (bicyclic) bond motifs is 1. The maximum Gasteiger partial charge on any atom is 0.254 e. The summed E-state index contributed by atoms with van der Waals surface area (Å²) in [7, 11) is 3.17. The molecule has 0 spiro atoms. The number of halogens is 1. The molecule has 1 aromatic rings. The van der Waals surface area contributed by atoms with E-state index >= 15 is 0 Å². The normalized spacial score (nSPS) is 26.3. The lowest BCUT2D eigenvalue weighted by molar-refractivity contribution is 0.0779. The molecule has 0 aromatic heterocycles. The highest BCUT2D eigenvalue weighted by Gasteiger charge is 2.42. The quantitative estimate of drug-likeness (QED) is 0.922. The monoisotopic (exact) mass is 326 g/mol. The summed E-state index contributed by atoms with van der Waals surface area (Å²) in [6, 6.07) is 5.54. The minimum absolute atomic E-state index is 0. The van der Waals surface area contributed by atoms with Gasteiger partial charge in [0.25, 0.3) is 5.91 Å². The molecule has 22 heavy (non-hydrogen) atoms.